The molecule has 0 aliphatic carbocycles. The molecule has 2 rings (SSSR count). The van der Waals surface area contributed by atoms with Crippen molar-refractivity contribution >= 4 is 20.4 Å². The van der Waals surface area contributed by atoms with Crippen LogP contribution in [-0.2, 0) is 9.84 Å². The number of benzene rings is 1. The fraction of sp³-hybridized carbons (Fsp3) is 0.538. The van der Waals surface area contributed by atoms with Gasteiger partial charge in [0.25, 0.3) is 0 Å². The number of sulfone groups is 1. The van der Waals surface area contributed by atoms with Crippen molar-refractivity contribution in [3.8, 4) is 0 Å². The number of rotatable bonds is 7. The molecule has 0 amide bonds. The Balaban J connectivity index is 0. The highest BCUT2D eigenvalue weighted by atomic mass is 32.2. The third-order valence-electron chi connectivity index (χ3n) is 4.62. The van der Waals surface area contributed by atoms with E-state index >= 15 is 0 Å². The molecule has 0 bridgehead atoms. The van der Waals surface area contributed by atoms with Crippen molar-refractivity contribution in [1.29, 1.82) is 0 Å². The van der Waals surface area contributed by atoms with Crippen molar-refractivity contribution in [2.24, 2.45) is 0 Å². The lowest BCUT2D eigenvalue weighted by atomic mass is 10.0. The van der Waals surface area contributed by atoms with Gasteiger partial charge in [-0.15, -0.1) is 6.58 Å². The van der Waals surface area contributed by atoms with Crippen molar-refractivity contribution in [3.63, 3.8) is 0 Å². The van der Waals surface area contributed by atoms with Crippen LogP contribution in [0.3, 0.4) is 0 Å². The van der Waals surface area contributed by atoms with Gasteiger partial charge in [-0.1, -0.05) is 77.6 Å². The first-order valence-electron chi connectivity index (χ1n) is 11.6. The van der Waals surface area contributed by atoms with Gasteiger partial charge in [0.1, 0.15) is 0 Å². The van der Waals surface area contributed by atoms with E-state index in [1.807, 2.05) is 72.0 Å². The summed E-state index contributed by atoms with van der Waals surface area (Å²) in [5.74, 6) is -0.00857. The molecule has 5 heteroatoms. The molecule has 0 aromatic heterocycles. The maximum Gasteiger partial charge on any atom is 0.181 e. The minimum Gasteiger partial charge on any atom is -0.370 e. The Morgan fingerprint density at radius 1 is 1.23 bits per heavy atom. The number of likely N-dealkylation sites (N-methyl/N-ethyl adjacent to an activating group) is 1. The molecule has 1 N–H and O–H groups in total. The minimum atomic E-state index is -3.39. The van der Waals surface area contributed by atoms with Gasteiger partial charge >= 0.3 is 0 Å². The molecule has 1 atom stereocenters. The molecule has 1 fully saturated rings. The first-order chi connectivity index (χ1) is 14.9. The van der Waals surface area contributed by atoms with Crippen LogP contribution in [0.2, 0.25) is 0 Å². The third-order valence-corrected chi connectivity index (χ3v) is 6.22. The van der Waals surface area contributed by atoms with E-state index in [1.165, 1.54) is 0 Å². The standard InChI is InChI=1S/C18H26N2O2S.C4H8.2C2H6/c1-4-5-13-23(21,22)15(2)17-10-6-7-11-18(17)20(3)16-9-8-12-19-14-16;1-3-4-2;2*1-2/h4-7,10-11,16,19H,2,8-9,12-14H2,1,3H3;3H,1,4H2,2H3;2*1-2H3/b5-4-;;;. The quantitative estimate of drug-likeness (QED) is 0.484. The predicted molar refractivity (Wildman–Crippen MR) is 142 cm³/mol. The number of hydrogen-bond acceptors (Lipinski definition) is 4. The Hall–Kier alpha value is -1.85. The number of allylic oxidation sites excluding steroid dienone is 2. The molecule has 4 nitrogen and oxygen atoms in total. The summed E-state index contributed by atoms with van der Waals surface area (Å²) in [5.41, 5.74) is 1.63. The maximum atomic E-state index is 12.5. The first kappa shape index (κ1) is 31.3. The van der Waals surface area contributed by atoms with Crippen LogP contribution in [-0.4, -0.2) is 40.3 Å². The molecule has 1 aliphatic heterocycles. The summed E-state index contributed by atoms with van der Waals surface area (Å²) in [5, 5.41) is 3.40. The van der Waals surface area contributed by atoms with Gasteiger partial charge in [-0.2, -0.15) is 0 Å². The normalized spacial score (nSPS) is 15.3. The minimum absolute atomic E-state index is 0.00857. The molecule has 1 aromatic rings. The van der Waals surface area contributed by atoms with Crippen LogP contribution in [0.15, 0.2) is 55.7 Å². The summed E-state index contributed by atoms with van der Waals surface area (Å²) in [6, 6.07) is 7.99. The number of nitrogens with one attached hydrogen (secondary N) is 1. The fourth-order valence-electron chi connectivity index (χ4n) is 2.87. The van der Waals surface area contributed by atoms with E-state index < -0.39 is 9.84 Å². The van der Waals surface area contributed by atoms with E-state index in [0.717, 1.165) is 38.0 Å². The molecule has 1 aliphatic rings. The average Bonchev–Trinajstić information content (AvgIpc) is 2.85. The third kappa shape index (κ3) is 11.4. The molecule has 1 unspecified atom stereocenters. The zero-order valence-corrected chi connectivity index (χ0v) is 21.8. The van der Waals surface area contributed by atoms with Gasteiger partial charge in [-0.25, -0.2) is 8.42 Å². The molecule has 1 saturated heterocycles. The summed E-state index contributed by atoms with van der Waals surface area (Å²) in [6.07, 6.45) is 8.60. The van der Waals surface area contributed by atoms with Gasteiger partial charge in [0.15, 0.2) is 9.84 Å². The summed E-state index contributed by atoms with van der Waals surface area (Å²) in [7, 11) is -1.36. The summed E-state index contributed by atoms with van der Waals surface area (Å²) in [6.45, 7) is 21.2. The SMILES string of the molecule is C=C(c1ccccc1N(C)C1CCCNC1)S(=O)(=O)C/C=C\C.C=CCC.CC.CC. The van der Waals surface area contributed by atoms with Crippen LogP contribution in [0.1, 0.15) is 66.4 Å². The lowest BCUT2D eigenvalue weighted by molar-refractivity contribution is 0.445. The zero-order valence-electron chi connectivity index (χ0n) is 20.9. The average molecular weight is 451 g/mol. The number of hydrogen-bond donors (Lipinski definition) is 1. The van der Waals surface area contributed by atoms with Gasteiger partial charge in [0.2, 0.25) is 0 Å². The number of nitrogens with zero attached hydrogens (tertiary/aromatic N) is 1. The topological polar surface area (TPSA) is 49.4 Å². The van der Waals surface area contributed by atoms with Crippen molar-refractivity contribution in [2.75, 3.05) is 30.8 Å². The van der Waals surface area contributed by atoms with E-state index in [0.29, 0.717) is 11.6 Å². The lowest BCUT2D eigenvalue weighted by Crippen LogP contribution is -2.44. The van der Waals surface area contributed by atoms with Crippen molar-refractivity contribution < 1.29 is 8.42 Å². The molecule has 1 heterocycles. The highest BCUT2D eigenvalue weighted by Gasteiger charge is 2.24. The van der Waals surface area contributed by atoms with Crippen LogP contribution < -0.4 is 10.2 Å². The number of piperidine rings is 1. The van der Waals surface area contributed by atoms with E-state index in [-0.39, 0.29) is 10.7 Å². The van der Waals surface area contributed by atoms with E-state index in [2.05, 4.69) is 30.3 Å². The molecular weight excluding hydrogens is 404 g/mol. The largest absolute Gasteiger partial charge is 0.370 e. The zero-order chi connectivity index (χ0) is 24.3. The Morgan fingerprint density at radius 2 is 1.81 bits per heavy atom. The molecule has 0 saturated carbocycles. The Morgan fingerprint density at radius 3 is 2.29 bits per heavy atom. The predicted octanol–water partition coefficient (Wildman–Crippen LogP) is 6.47. The molecule has 1 aromatic carbocycles. The lowest BCUT2D eigenvalue weighted by Gasteiger charge is -2.34. The van der Waals surface area contributed by atoms with Crippen LogP contribution in [0, 0.1) is 0 Å². The van der Waals surface area contributed by atoms with Crippen LogP contribution in [0.4, 0.5) is 5.69 Å². The monoisotopic (exact) mass is 450 g/mol. The van der Waals surface area contributed by atoms with Crippen molar-refractivity contribution in [1.82, 2.24) is 5.32 Å². The Bertz CT molecular complexity index is 734. The molecule has 31 heavy (non-hydrogen) atoms. The summed E-state index contributed by atoms with van der Waals surface area (Å²) in [4.78, 5) is 2.37. The van der Waals surface area contributed by atoms with Crippen molar-refractivity contribution in [3.05, 3.63) is 61.2 Å². The first-order valence-corrected chi connectivity index (χ1v) is 13.2. The highest BCUT2D eigenvalue weighted by molar-refractivity contribution is 8.00. The van der Waals surface area contributed by atoms with Gasteiger partial charge in [0.05, 0.1) is 10.7 Å². The van der Waals surface area contributed by atoms with E-state index in [1.54, 1.807) is 12.2 Å². The Labute approximate surface area is 193 Å². The van der Waals surface area contributed by atoms with Crippen LogP contribution in [0.25, 0.3) is 4.91 Å². The smallest absolute Gasteiger partial charge is 0.181 e. The van der Waals surface area contributed by atoms with Gasteiger partial charge in [-0.3, -0.25) is 0 Å². The highest BCUT2D eigenvalue weighted by Crippen LogP contribution is 2.31. The second-order valence-corrected chi connectivity index (χ2v) is 8.65. The van der Waals surface area contributed by atoms with Crippen LogP contribution in [0.5, 0.6) is 0 Å². The molecule has 0 spiro atoms. The molecule has 178 valence electrons. The molecular formula is C26H46N2O2S. The van der Waals surface area contributed by atoms with Gasteiger partial charge < -0.3 is 10.2 Å². The fourth-order valence-corrected chi connectivity index (χ4v) is 4.02. The summed E-state index contributed by atoms with van der Waals surface area (Å²) < 4.78 is 24.9. The van der Waals surface area contributed by atoms with E-state index in [9.17, 15) is 8.42 Å². The van der Waals surface area contributed by atoms with E-state index in [4.69, 9.17) is 0 Å². The summed E-state index contributed by atoms with van der Waals surface area (Å²) >= 11 is 0. The Kier molecular flexibility index (Phi) is 19.1. The van der Waals surface area contributed by atoms with Crippen molar-refractivity contribution in [2.45, 2.75) is 66.8 Å². The van der Waals surface area contributed by atoms with Gasteiger partial charge in [0, 0.05) is 30.9 Å². The number of para-hydroxylation sites is 1. The number of anilines is 1. The second-order valence-electron chi connectivity index (χ2n) is 6.60. The van der Waals surface area contributed by atoms with Crippen LogP contribution >= 0.6 is 0 Å². The van der Waals surface area contributed by atoms with Gasteiger partial charge in [-0.05, 0) is 38.8 Å². The molecule has 0 radical (unpaired) electrons. The second kappa shape index (κ2) is 18.9. The maximum absolute atomic E-state index is 12.5.